The summed E-state index contributed by atoms with van der Waals surface area (Å²) in [5.41, 5.74) is 10.8. The van der Waals surface area contributed by atoms with Crippen LogP contribution in [-0.2, 0) is 0 Å². The monoisotopic (exact) mass is 554 g/mol. The van der Waals surface area contributed by atoms with Crippen molar-refractivity contribution in [3.05, 3.63) is 95.6 Å². The summed E-state index contributed by atoms with van der Waals surface area (Å²) in [5.74, 6) is -0.00223. The van der Waals surface area contributed by atoms with Crippen molar-refractivity contribution in [1.82, 2.24) is 15.1 Å². The summed E-state index contributed by atoms with van der Waals surface area (Å²) in [4.78, 5) is 34.5. The van der Waals surface area contributed by atoms with Gasteiger partial charge in [-0.15, -0.1) is 0 Å². The van der Waals surface area contributed by atoms with Gasteiger partial charge >= 0.3 is 6.03 Å². The van der Waals surface area contributed by atoms with Crippen LogP contribution in [0.4, 0.5) is 16.2 Å². The second-order valence-electron chi connectivity index (χ2n) is 10.8. The van der Waals surface area contributed by atoms with Crippen molar-refractivity contribution >= 4 is 23.3 Å². The molecule has 2 saturated heterocycles. The fourth-order valence-electron chi connectivity index (χ4n) is 5.96. The van der Waals surface area contributed by atoms with E-state index in [1.165, 1.54) is 11.1 Å². The van der Waals surface area contributed by atoms with Crippen molar-refractivity contribution in [2.75, 3.05) is 68.7 Å². The van der Waals surface area contributed by atoms with Crippen molar-refractivity contribution in [1.29, 1.82) is 0 Å². The number of nitrogens with two attached hydrogens (primary N) is 1. The average Bonchev–Trinajstić information content (AvgIpc) is 3.03. The maximum Gasteiger partial charge on any atom is 0.319 e. The van der Waals surface area contributed by atoms with E-state index >= 15 is 0 Å². The van der Waals surface area contributed by atoms with Gasteiger partial charge in [-0.05, 0) is 35.7 Å². The molecule has 41 heavy (non-hydrogen) atoms. The van der Waals surface area contributed by atoms with Crippen LogP contribution in [-0.4, -0.2) is 80.6 Å². The SMILES string of the molecule is CCCCN(C(N)=O)c1cc(C(=O)N2CCNCC2)ccc1N1CCN(C(c2ccccc2)c2ccccc2)CC1. The van der Waals surface area contributed by atoms with Gasteiger partial charge in [0.25, 0.3) is 5.91 Å². The number of anilines is 2. The molecule has 3 N–H and O–H groups in total. The Morgan fingerprint density at radius 2 is 1.46 bits per heavy atom. The first-order valence-electron chi connectivity index (χ1n) is 14.9. The smallest absolute Gasteiger partial charge is 0.319 e. The number of amides is 3. The lowest BCUT2D eigenvalue weighted by atomic mass is 9.96. The zero-order valence-electron chi connectivity index (χ0n) is 24.0. The number of benzene rings is 3. The number of urea groups is 1. The van der Waals surface area contributed by atoms with Crippen molar-refractivity contribution in [2.24, 2.45) is 5.73 Å². The molecular weight excluding hydrogens is 512 g/mol. The van der Waals surface area contributed by atoms with Gasteiger partial charge in [0.2, 0.25) is 0 Å². The molecule has 2 aliphatic heterocycles. The zero-order chi connectivity index (χ0) is 28.6. The number of rotatable bonds is 9. The van der Waals surface area contributed by atoms with Gasteiger partial charge in [-0.25, -0.2) is 4.79 Å². The Balaban J connectivity index is 1.41. The third-order valence-electron chi connectivity index (χ3n) is 8.17. The molecule has 5 rings (SSSR count). The third-order valence-corrected chi connectivity index (χ3v) is 8.17. The molecule has 0 unspecified atom stereocenters. The Labute approximate surface area is 243 Å². The molecule has 0 atom stereocenters. The van der Waals surface area contributed by atoms with E-state index in [1.54, 1.807) is 4.90 Å². The molecular formula is C33H42N6O2. The fraction of sp³-hybridized carbons (Fsp3) is 0.394. The van der Waals surface area contributed by atoms with Gasteiger partial charge in [0.15, 0.2) is 0 Å². The molecule has 3 aromatic carbocycles. The van der Waals surface area contributed by atoms with Gasteiger partial charge < -0.3 is 20.9 Å². The molecule has 2 aliphatic rings. The molecule has 216 valence electrons. The molecule has 8 nitrogen and oxygen atoms in total. The van der Waals surface area contributed by atoms with E-state index in [4.69, 9.17) is 5.73 Å². The highest BCUT2D eigenvalue weighted by Gasteiger charge is 2.29. The predicted molar refractivity (Wildman–Crippen MR) is 166 cm³/mol. The molecule has 2 heterocycles. The Bertz CT molecular complexity index is 1250. The minimum atomic E-state index is -0.488. The van der Waals surface area contributed by atoms with Gasteiger partial charge in [0.05, 0.1) is 17.4 Å². The van der Waals surface area contributed by atoms with Crippen LogP contribution in [0.2, 0.25) is 0 Å². The van der Waals surface area contributed by atoms with Gasteiger partial charge in [-0.3, -0.25) is 14.6 Å². The topological polar surface area (TPSA) is 85.1 Å². The van der Waals surface area contributed by atoms with E-state index in [1.807, 2.05) is 23.1 Å². The number of hydrogen-bond donors (Lipinski definition) is 2. The number of unbranched alkanes of at least 4 members (excludes halogenated alkanes) is 1. The van der Waals surface area contributed by atoms with Crippen molar-refractivity contribution in [2.45, 2.75) is 25.8 Å². The maximum absolute atomic E-state index is 13.4. The molecule has 0 aromatic heterocycles. The number of nitrogens with zero attached hydrogens (tertiary/aromatic N) is 4. The molecule has 0 bridgehead atoms. The Morgan fingerprint density at radius 1 is 0.854 bits per heavy atom. The highest BCUT2D eigenvalue weighted by Crippen LogP contribution is 2.35. The first-order chi connectivity index (χ1) is 20.1. The highest BCUT2D eigenvalue weighted by molar-refractivity contribution is 6.00. The molecule has 3 aromatic rings. The molecule has 0 saturated carbocycles. The lowest BCUT2D eigenvalue weighted by molar-refractivity contribution is 0.0736. The largest absolute Gasteiger partial charge is 0.367 e. The quantitative estimate of drug-likeness (QED) is 0.411. The first-order valence-corrected chi connectivity index (χ1v) is 14.9. The number of primary amides is 1. The maximum atomic E-state index is 13.4. The van der Waals surface area contributed by atoms with Gasteiger partial charge in [0, 0.05) is 64.5 Å². The van der Waals surface area contributed by atoms with Crippen LogP contribution in [0.25, 0.3) is 0 Å². The summed E-state index contributed by atoms with van der Waals surface area (Å²) in [6.07, 6.45) is 1.78. The van der Waals surface area contributed by atoms with E-state index in [9.17, 15) is 9.59 Å². The molecule has 3 amide bonds. The van der Waals surface area contributed by atoms with Gasteiger partial charge in [-0.1, -0.05) is 74.0 Å². The minimum absolute atomic E-state index is 0.00223. The van der Waals surface area contributed by atoms with Crippen molar-refractivity contribution in [3.63, 3.8) is 0 Å². The number of hydrogen-bond acceptors (Lipinski definition) is 5. The molecule has 8 heteroatoms. The minimum Gasteiger partial charge on any atom is -0.367 e. The molecule has 0 spiro atoms. The van der Waals surface area contributed by atoms with Crippen LogP contribution >= 0.6 is 0 Å². The standard InChI is InChI=1S/C33H42N6O2/c1-2-3-18-39(33(34)41)30-25-28(32(40)38-19-16-35-17-20-38)14-15-29(30)36-21-23-37(24-22-36)31(26-10-6-4-7-11-26)27-12-8-5-9-13-27/h4-15,25,31,35H,2-3,16-24H2,1H3,(H2,34,41). The Hall–Kier alpha value is -3.88. The normalized spacial score (nSPS) is 16.1. The third kappa shape index (κ3) is 6.72. The summed E-state index contributed by atoms with van der Waals surface area (Å²) in [6, 6.07) is 26.8. The summed E-state index contributed by atoms with van der Waals surface area (Å²) < 4.78 is 0. The highest BCUT2D eigenvalue weighted by atomic mass is 16.2. The fourth-order valence-corrected chi connectivity index (χ4v) is 5.96. The van der Waals surface area contributed by atoms with Crippen LogP contribution in [0.5, 0.6) is 0 Å². The van der Waals surface area contributed by atoms with Crippen LogP contribution in [0.3, 0.4) is 0 Å². The van der Waals surface area contributed by atoms with Crippen molar-refractivity contribution < 1.29 is 9.59 Å². The van der Waals surface area contributed by atoms with E-state index in [0.717, 1.165) is 63.5 Å². The van der Waals surface area contributed by atoms with Gasteiger partial charge in [0.1, 0.15) is 0 Å². The average molecular weight is 555 g/mol. The van der Waals surface area contributed by atoms with Crippen molar-refractivity contribution in [3.8, 4) is 0 Å². The first kappa shape index (κ1) is 28.6. The zero-order valence-corrected chi connectivity index (χ0v) is 24.0. The lowest BCUT2D eigenvalue weighted by Crippen LogP contribution is -2.49. The summed E-state index contributed by atoms with van der Waals surface area (Å²) in [7, 11) is 0. The van der Waals surface area contributed by atoms with Crippen LogP contribution in [0.1, 0.15) is 47.3 Å². The summed E-state index contributed by atoms with van der Waals surface area (Å²) >= 11 is 0. The van der Waals surface area contributed by atoms with Crippen LogP contribution in [0.15, 0.2) is 78.9 Å². The summed E-state index contributed by atoms with van der Waals surface area (Å²) in [6.45, 7) is 8.88. The van der Waals surface area contributed by atoms with E-state index in [-0.39, 0.29) is 11.9 Å². The number of carbonyl (C=O) groups excluding carboxylic acids is 2. The Morgan fingerprint density at radius 3 is 2.02 bits per heavy atom. The van der Waals surface area contributed by atoms with E-state index in [0.29, 0.717) is 25.2 Å². The predicted octanol–water partition coefficient (Wildman–Crippen LogP) is 4.33. The second kappa shape index (κ2) is 13.7. The van der Waals surface area contributed by atoms with Gasteiger partial charge in [-0.2, -0.15) is 0 Å². The summed E-state index contributed by atoms with van der Waals surface area (Å²) in [5, 5.41) is 3.30. The number of piperazine rings is 2. The molecule has 0 radical (unpaired) electrons. The van der Waals surface area contributed by atoms with E-state index in [2.05, 4.69) is 82.7 Å². The van der Waals surface area contributed by atoms with E-state index < -0.39 is 6.03 Å². The number of nitrogens with one attached hydrogen (secondary N) is 1. The Kier molecular flexibility index (Phi) is 9.54. The lowest BCUT2D eigenvalue weighted by Gasteiger charge is -2.41. The van der Waals surface area contributed by atoms with Crippen LogP contribution in [0, 0.1) is 0 Å². The second-order valence-corrected chi connectivity index (χ2v) is 10.8. The van der Waals surface area contributed by atoms with Crippen LogP contribution < -0.4 is 20.9 Å². The number of carbonyl (C=O) groups is 2. The molecule has 0 aliphatic carbocycles. The molecule has 2 fully saturated rings.